The van der Waals surface area contributed by atoms with Crippen molar-refractivity contribution < 1.29 is 10.2 Å². The van der Waals surface area contributed by atoms with Gasteiger partial charge >= 0.3 is 0 Å². The molecule has 0 fully saturated rings. The smallest absolute Gasteiger partial charge is 0.147 e. The van der Waals surface area contributed by atoms with Gasteiger partial charge in [0, 0.05) is 12.4 Å². The lowest BCUT2D eigenvalue weighted by molar-refractivity contribution is 0.203. The summed E-state index contributed by atoms with van der Waals surface area (Å²) < 4.78 is 0. The number of hydrogen-bond donors (Lipinski definition) is 3. The van der Waals surface area contributed by atoms with Crippen LogP contribution >= 0.6 is 0 Å². The zero-order chi connectivity index (χ0) is 9.68. The Morgan fingerprint density at radius 2 is 1.92 bits per heavy atom. The topological polar surface area (TPSA) is 78.3 Å². The molecule has 72 valence electrons. The van der Waals surface area contributed by atoms with Gasteiger partial charge in [0.25, 0.3) is 0 Å². The van der Waals surface area contributed by atoms with Gasteiger partial charge in [-0.25, -0.2) is 4.98 Å². The Hall–Kier alpha value is -1.20. The number of aromatic nitrogens is 2. The standard InChI is InChI=1S/C8H13N3O2/c1-6-8(10-3-2-9-6)11-7(4-12)5-13/h2-3,7,12-13H,4-5H2,1H3,(H,10,11). The van der Waals surface area contributed by atoms with Gasteiger partial charge in [-0.1, -0.05) is 0 Å². The second kappa shape index (κ2) is 4.74. The van der Waals surface area contributed by atoms with E-state index >= 15 is 0 Å². The minimum Gasteiger partial charge on any atom is -0.394 e. The lowest BCUT2D eigenvalue weighted by Gasteiger charge is -2.14. The quantitative estimate of drug-likeness (QED) is 0.589. The van der Waals surface area contributed by atoms with Crippen LogP contribution in [-0.4, -0.2) is 39.4 Å². The molecule has 3 N–H and O–H groups in total. The molecule has 0 aliphatic rings. The molecule has 0 unspecified atom stereocenters. The van der Waals surface area contributed by atoms with E-state index in [0.717, 1.165) is 5.69 Å². The molecule has 1 aromatic rings. The average molecular weight is 183 g/mol. The normalized spacial score (nSPS) is 10.5. The van der Waals surface area contributed by atoms with Gasteiger partial charge in [-0.05, 0) is 6.92 Å². The third-order valence-electron chi connectivity index (χ3n) is 1.66. The average Bonchev–Trinajstić information content (AvgIpc) is 2.17. The molecule has 5 heteroatoms. The monoisotopic (exact) mass is 183 g/mol. The number of nitrogens with one attached hydrogen (secondary N) is 1. The fourth-order valence-electron chi connectivity index (χ4n) is 0.892. The number of nitrogens with zero attached hydrogens (tertiary/aromatic N) is 2. The van der Waals surface area contributed by atoms with Crippen LogP contribution in [0.1, 0.15) is 5.69 Å². The van der Waals surface area contributed by atoms with E-state index in [1.54, 1.807) is 19.3 Å². The minimum atomic E-state index is -0.379. The summed E-state index contributed by atoms with van der Waals surface area (Å²) in [6.07, 6.45) is 3.15. The van der Waals surface area contributed by atoms with Gasteiger partial charge in [-0.15, -0.1) is 0 Å². The summed E-state index contributed by atoms with van der Waals surface area (Å²) in [4.78, 5) is 8.03. The molecule has 0 atom stereocenters. The van der Waals surface area contributed by atoms with Crippen LogP contribution in [0.3, 0.4) is 0 Å². The number of rotatable bonds is 4. The molecule has 0 amide bonds. The fourth-order valence-corrected chi connectivity index (χ4v) is 0.892. The largest absolute Gasteiger partial charge is 0.394 e. The maximum atomic E-state index is 8.81. The number of aliphatic hydroxyl groups excluding tert-OH is 2. The lowest BCUT2D eigenvalue weighted by atomic mass is 10.3. The number of aryl methyl sites for hydroxylation is 1. The van der Waals surface area contributed by atoms with Gasteiger partial charge in [-0.3, -0.25) is 4.98 Å². The maximum Gasteiger partial charge on any atom is 0.147 e. The molecule has 1 aromatic heterocycles. The summed E-state index contributed by atoms with van der Waals surface area (Å²) in [5, 5.41) is 20.5. The van der Waals surface area contributed by atoms with Crippen LogP contribution in [0.2, 0.25) is 0 Å². The molecule has 0 aliphatic carbocycles. The molecule has 0 aliphatic heterocycles. The van der Waals surface area contributed by atoms with E-state index in [-0.39, 0.29) is 19.3 Å². The van der Waals surface area contributed by atoms with Crippen LogP contribution in [0.25, 0.3) is 0 Å². The second-order valence-electron chi connectivity index (χ2n) is 2.70. The van der Waals surface area contributed by atoms with E-state index in [0.29, 0.717) is 5.82 Å². The number of hydrogen-bond acceptors (Lipinski definition) is 5. The lowest BCUT2D eigenvalue weighted by Crippen LogP contribution is -2.28. The van der Waals surface area contributed by atoms with Crippen molar-refractivity contribution in [2.45, 2.75) is 13.0 Å². The molecular weight excluding hydrogens is 170 g/mol. The van der Waals surface area contributed by atoms with Crippen LogP contribution in [0.15, 0.2) is 12.4 Å². The Balaban J connectivity index is 2.67. The zero-order valence-electron chi connectivity index (χ0n) is 7.44. The van der Waals surface area contributed by atoms with Gasteiger partial charge in [0.1, 0.15) is 5.82 Å². The molecule has 0 aromatic carbocycles. The summed E-state index contributed by atoms with van der Waals surface area (Å²) in [7, 11) is 0. The predicted octanol–water partition coefficient (Wildman–Crippen LogP) is -0.450. The molecule has 0 saturated heterocycles. The number of aliphatic hydroxyl groups is 2. The highest BCUT2D eigenvalue weighted by atomic mass is 16.3. The van der Waals surface area contributed by atoms with E-state index in [4.69, 9.17) is 10.2 Å². The second-order valence-corrected chi connectivity index (χ2v) is 2.70. The molecule has 0 radical (unpaired) electrons. The van der Waals surface area contributed by atoms with Crippen molar-refractivity contribution in [2.24, 2.45) is 0 Å². The summed E-state index contributed by atoms with van der Waals surface area (Å²) in [5.74, 6) is 0.593. The third kappa shape index (κ3) is 2.64. The number of anilines is 1. The predicted molar refractivity (Wildman–Crippen MR) is 48.4 cm³/mol. The van der Waals surface area contributed by atoms with Crippen LogP contribution in [0.4, 0.5) is 5.82 Å². The van der Waals surface area contributed by atoms with Crippen molar-refractivity contribution in [3.05, 3.63) is 18.1 Å². The van der Waals surface area contributed by atoms with Crippen molar-refractivity contribution in [1.29, 1.82) is 0 Å². The summed E-state index contributed by atoms with van der Waals surface area (Å²) in [5.41, 5.74) is 0.745. The zero-order valence-corrected chi connectivity index (χ0v) is 7.44. The highest BCUT2D eigenvalue weighted by molar-refractivity contribution is 5.39. The van der Waals surface area contributed by atoms with E-state index in [2.05, 4.69) is 15.3 Å². The first-order valence-electron chi connectivity index (χ1n) is 4.03. The van der Waals surface area contributed by atoms with E-state index in [9.17, 15) is 0 Å². The van der Waals surface area contributed by atoms with Gasteiger partial charge in [0.05, 0.1) is 24.9 Å². The highest BCUT2D eigenvalue weighted by Gasteiger charge is 2.07. The molecule has 0 spiro atoms. The summed E-state index contributed by atoms with van der Waals surface area (Å²) >= 11 is 0. The van der Waals surface area contributed by atoms with E-state index < -0.39 is 0 Å². The van der Waals surface area contributed by atoms with Gasteiger partial charge in [0.15, 0.2) is 0 Å². The van der Waals surface area contributed by atoms with Crippen LogP contribution in [-0.2, 0) is 0 Å². The Morgan fingerprint density at radius 1 is 1.31 bits per heavy atom. The van der Waals surface area contributed by atoms with Gasteiger partial charge in [0.2, 0.25) is 0 Å². The van der Waals surface area contributed by atoms with Crippen molar-refractivity contribution in [3.8, 4) is 0 Å². The minimum absolute atomic E-state index is 0.132. The van der Waals surface area contributed by atoms with E-state index in [1.165, 1.54) is 0 Å². The highest BCUT2D eigenvalue weighted by Crippen LogP contribution is 2.07. The Labute approximate surface area is 76.5 Å². The molecule has 1 rings (SSSR count). The fraction of sp³-hybridized carbons (Fsp3) is 0.500. The summed E-state index contributed by atoms with van der Waals surface area (Å²) in [6, 6.07) is -0.379. The van der Waals surface area contributed by atoms with Crippen molar-refractivity contribution in [3.63, 3.8) is 0 Å². The van der Waals surface area contributed by atoms with Crippen LogP contribution in [0.5, 0.6) is 0 Å². The molecule has 0 bridgehead atoms. The molecule has 5 nitrogen and oxygen atoms in total. The Kier molecular flexibility index (Phi) is 3.60. The first kappa shape index (κ1) is 9.88. The van der Waals surface area contributed by atoms with Crippen LogP contribution in [0, 0.1) is 6.92 Å². The third-order valence-corrected chi connectivity index (χ3v) is 1.66. The van der Waals surface area contributed by atoms with Crippen molar-refractivity contribution in [1.82, 2.24) is 9.97 Å². The Bertz CT molecular complexity index is 263. The molecular formula is C8H13N3O2. The van der Waals surface area contributed by atoms with Crippen molar-refractivity contribution >= 4 is 5.82 Å². The van der Waals surface area contributed by atoms with E-state index in [1.807, 2.05) is 0 Å². The van der Waals surface area contributed by atoms with Crippen LogP contribution < -0.4 is 5.32 Å². The Morgan fingerprint density at radius 3 is 2.46 bits per heavy atom. The summed E-state index contributed by atoms with van der Waals surface area (Å²) in [6.45, 7) is 1.54. The molecule has 0 saturated carbocycles. The molecule has 1 heterocycles. The SMILES string of the molecule is Cc1nccnc1NC(CO)CO. The van der Waals surface area contributed by atoms with Gasteiger partial charge in [-0.2, -0.15) is 0 Å². The van der Waals surface area contributed by atoms with Crippen molar-refractivity contribution in [2.75, 3.05) is 18.5 Å². The maximum absolute atomic E-state index is 8.81. The molecule has 13 heavy (non-hydrogen) atoms. The van der Waals surface area contributed by atoms with Gasteiger partial charge < -0.3 is 15.5 Å². The first-order chi connectivity index (χ1) is 6.27. The first-order valence-corrected chi connectivity index (χ1v) is 4.03.